The summed E-state index contributed by atoms with van der Waals surface area (Å²) in [6.45, 7) is 0. The zero-order valence-electron chi connectivity index (χ0n) is 9.07. The Kier molecular flexibility index (Phi) is 3.20. The topological polar surface area (TPSA) is 22.8 Å². The summed E-state index contributed by atoms with van der Waals surface area (Å²) in [7, 11) is 1.35. The molecule has 0 saturated carbocycles. The maximum atomic E-state index is 12.9. The largest absolute Gasteiger partial charge is 0.452 e. The molecule has 0 aliphatic rings. The molecule has 1 aromatic carbocycles. The molecule has 8 heteroatoms. The molecule has 2 aromatic rings. The summed E-state index contributed by atoms with van der Waals surface area (Å²) in [5.74, 6) is -1.09. The van der Waals surface area contributed by atoms with Crippen LogP contribution < -0.4 is 0 Å². The van der Waals surface area contributed by atoms with Crippen LogP contribution in [0.15, 0.2) is 24.3 Å². The van der Waals surface area contributed by atoms with Crippen LogP contribution in [0.3, 0.4) is 0 Å². The smallest absolute Gasteiger partial charge is 0.263 e. The second-order valence-corrected chi connectivity index (χ2v) is 4.29. The number of hydrogen-bond acceptors (Lipinski definition) is 2. The molecule has 0 bridgehead atoms. The van der Waals surface area contributed by atoms with Gasteiger partial charge in [0, 0.05) is 7.05 Å². The summed E-state index contributed by atoms with van der Waals surface area (Å²) >= 11 is 10.8. The minimum Gasteiger partial charge on any atom is -0.263 e. The standard InChI is InChI=1S/C10H7ClF3N3S/c1-16-9(18)17(8(15-16)10(12,13)14)7-5-3-2-4-6(7)11/h2-5H,1H3. The number of hydrogen-bond donors (Lipinski definition) is 0. The first-order valence-corrected chi connectivity index (χ1v) is 5.59. The Morgan fingerprint density at radius 3 is 2.44 bits per heavy atom. The summed E-state index contributed by atoms with van der Waals surface area (Å²) in [5, 5.41) is 3.56. The highest BCUT2D eigenvalue weighted by molar-refractivity contribution is 7.71. The van der Waals surface area contributed by atoms with Crippen LogP contribution in [0.25, 0.3) is 5.69 Å². The Hall–Kier alpha value is -1.34. The van der Waals surface area contributed by atoms with E-state index >= 15 is 0 Å². The van der Waals surface area contributed by atoms with E-state index in [0.717, 1.165) is 9.25 Å². The predicted molar refractivity (Wildman–Crippen MR) is 63.4 cm³/mol. The Labute approximate surface area is 110 Å². The lowest BCUT2D eigenvalue weighted by Gasteiger charge is -2.10. The molecule has 0 atom stereocenters. The van der Waals surface area contributed by atoms with Crippen molar-refractivity contribution >= 4 is 23.8 Å². The molecule has 0 amide bonds. The van der Waals surface area contributed by atoms with Crippen LogP contribution in [0.1, 0.15) is 5.82 Å². The predicted octanol–water partition coefficient (Wildman–Crippen LogP) is 3.61. The molecule has 0 saturated heterocycles. The first kappa shape index (κ1) is 13.1. The van der Waals surface area contributed by atoms with Crippen LogP contribution in [0.5, 0.6) is 0 Å². The average molecular weight is 294 g/mol. The minimum absolute atomic E-state index is 0.0737. The minimum atomic E-state index is -4.60. The maximum absolute atomic E-state index is 12.9. The lowest BCUT2D eigenvalue weighted by molar-refractivity contribution is -0.146. The van der Waals surface area contributed by atoms with E-state index in [1.807, 2.05) is 0 Å². The molecule has 0 radical (unpaired) electrons. The molecule has 96 valence electrons. The molecule has 0 spiro atoms. The van der Waals surface area contributed by atoms with Crippen molar-refractivity contribution in [3.05, 3.63) is 39.9 Å². The first-order chi connectivity index (χ1) is 8.32. The summed E-state index contributed by atoms with van der Waals surface area (Å²) in [5.41, 5.74) is 0.157. The Morgan fingerprint density at radius 2 is 1.89 bits per heavy atom. The summed E-state index contributed by atoms with van der Waals surface area (Å²) < 4.78 is 40.4. The number of para-hydroxylation sites is 1. The molecule has 0 aliphatic carbocycles. The fraction of sp³-hybridized carbons (Fsp3) is 0.200. The molecule has 3 nitrogen and oxygen atoms in total. The monoisotopic (exact) mass is 293 g/mol. The number of benzene rings is 1. The summed E-state index contributed by atoms with van der Waals surface area (Å²) in [4.78, 5) is 0. The van der Waals surface area contributed by atoms with Gasteiger partial charge in [0.2, 0.25) is 10.6 Å². The van der Waals surface area contributed by atoms with Gasteiger partial charge in [0.15, 0.2) is 0 Å². The zero-order chi connectivity index (χ0) is 13.5. The van der Waals surface area contributed by atoms with E-state index in [-0.39, 0.29) is 15.5 Å². The third-order valence-electron chi connectivity index (χ3n) is 2.27. The number of aryl methyl sites for hydroxylation is 1. The Bertz CT molecular complexity index is 645. The van der Waals surface area contributed by atoms with E-state index in [0.29, 0.717) is 0 Å². The Morgan fingerprint density at radius 1 is 1.28 bits per heavy atom. The lowest BCUT2D eigenvalue weighted by Crippen LogP contribution is -2.14. The van der Waals surface area contributed by atoms with Crippen molar-refractivity contribution in [3.8, 4) is 5.69 Å². The van der Waals surface area contributed by atoms with Gasteiger partial charge in [-0.05, 0) is 24.4 Å². The number of rotatable bonds is 1. The van der Waals surface area contributed by atoms with Gasteiger partial charge in [0.1, 0.15) is 0 Å². The fourth-order valence-electron chi connectivity index (χ4n) is 1.50. The second-order valence-electron chi connectivity index (χ2n) is 3.51. The van der Waals surface area contributed by atoms with Gasteiger partial charge in [0.05, 0.1) is 10.7 Å². The fourth-order valence-corrected chi connectivity index (χ4v) is 1.94. The van der Waals surface area contributed by atoms with Crippen LogP contribution in [0, 0.1) is 4.77 Å². The van der Waals surface area contributed by atoms with E-state index in [1.54, 1.807) is 12.1 Å². The quantitative estimate of drug-likeness (QED) is 0.750. The van der Waals surface area contributed by atoms with E-state index in [4.69, 9.17) is 23.8 Å². The van der Waals surface area contributed by atoms with Crippen molar-refractivity contribution in [3.63, 3.8) is 0 Å². The van der Waals surface area contributed by atoms with Gasteiger partial charge in [-0.2, -0.15) is 13.2 Å². The first-order valence-electron chi connectivity index (χ1n) is 4.80. The van der Waals surface area contributed by atoms with Crippen LogP contribution in [-0.4, -0.2) is 14.3 Å². The molecular weight excluding hydrogens is 287 g/mol. The Balaban J connectivity index is 2.80. The van der Waals surface area contributed by atoms with E-state index in [9.17, 15) is 13.2 Å². The average Bonchev–Trinajstić information content (AvgIpc) is 2.57. The van der Waals surface area contributed by atoms with Crippen molar-refractivity contribution in [1.82, 2.24) is 14.3 Å². The summed E-state index contributed by atoms with van der Waals surface area (Å²) in [6, 6.07) is 6.15. The third-order valence-corrected chi connectivity index (χ3v) is 3.04. The molecule has 0 aliphatic heterocycles. The molecule has 1 heterocycles. The highest BCUT2D eigenvalue weighted by Crippen LogP contribution is 2.31. The van der Waals surface area contributed by atoms with Gasteiger partial charge < -0.3 is 0 Å². The number of aromatic nitrogens is 3. The second kappa shape index (κ2) is 4.40. The number of nitrogens with zero attached hydrogens (tertiary/aromatic N) is 3. The molecule has 18 heavy (non-hydrogen) atoms. The van der Waals surface area contributed by atoms with Gasteiger partial charge in [-0.15, -0.1) is 5.10 Å². The summed E-state index contributed by atoms with van der Waals surface area (Å²) in [6.07, 6.45) is -4.60. The highest BCUT2D eigenvalue weighted by Gasteiger charge is 2.38. The van der Waals surface area contributed by atoms with Gasteiger partial charge in [-0.25, -0.2) is 4.68 Å². The van der Waals surface area contributed by atoms with Crippen LogP contribution in [0.4, 0.5) is 13.2 Å². The van der Waals surface area contributed by atoms with Crippen LogP contribution in [-0.2, 0) is 13.2 Å². The van der Waals surface area contributed by atoms with E-state index < -0.39 is 12.0 Å². The van der Waals surface area contributed by atoms with Gasteiger partial charge >= 0.3 is 6.18 Å². The SMILES string of the molecule is Cn1nc(C(F)(F)F)n(-c2ccccc2Cl)c1=S. The maximum Gasteiger partial charge on any atom is 0.452 e. The van der Waals surface area contributed by atoms with Crippen LogP contribution in [0.2, 0.25) is 5.02 Å². The van der Waals surface area contributed by atoms with Gasteiger partial charge in [-0.1, -0.05) is 23.7 Å². The molecule has 0 unspecified atom stereocenters. The van der Waals surface area contributed by atoms with Gasteiger partial charge in [0.25, 0.3) is 0 Å². The van der Waals surface area contributed by atoms with Crippen molar-refractivity contribution in [2.75, 3.05) is 0 Å². The molecular formula is C10H7ClF3N3S. The van der Waals surface area contributed by atoms with Crippen molar-refractivity contribution in [2.24, 2.45) is 7.05 Å². The number of alkyl halides is 3. The zero-order valence-corrected chi connectivity index (χ0v) is 10.6. The van der Waals surface area contributed by atoms with Crippen molar-refractivity contribution in [1.29, 1.82) is 0 Å². The molecule has 0 N–H and O–H groups in total. The van der Waals surface area contributed by atoms with Crippen molar-refractivity contribution in [2.45, 2.75) is 6.18 Å². The normalized spacial score (nSPS) is 11.8. The third kappa shape index (κ3) is 2.15. The molecule has 0 fully saturated rings. The molecule has 2 rings (SSSR count). The van der Waals surface area contributed by atoms with Gasteiger partial charge in [-0.3, -0.25) is 4.57 Å². The highest BCUT2D eigenvalue weighted by atomic mass is 35.5. The van der Waals surface area contributed by atoms with Crippen molar-refractivity contribution < 1.29 is 13.2 Å². The lowest BCUT2D eigenvalue weighted by atomic mass is 10.3. The van der Waals surface area contributed by atoms with E-state index in [2.05, 4.69) is 5.10 Å². The number of halogens is 4. The molecule has 1 aromatic heterocycles. The van der Waals surface area contributed by atoms with Crippen LogP contribution >= 0.6 is 23.8 Å². The van der Waals surface area contributed by atoms with E-state index in [1.165, 1.54) is 19.2 Å².